The van der Waals surface area contributed by atoms with Crippen LogP contribution in [0.25, 0.3) is 11.1 Å². The summed E-state index contributed by atoms with van der Waals surface area (Å²) in [5, 5.41) is 3.03. The third kappa shape index (κ3) is 4.93. The first kappa shape index (κ1) is 21.7. The highest BCUT2D eigenvalue weighted by atomic mass is 32.2. The number of rotatable bonds is 5. The zero-order valence-electron chi connectivity index (χ0n) is 15.4. The molecule has 1 aliphatic heterocycles. The van der Waals surface area contributed by atoms with Gasteiger partial charge in [-0.3, -0.25) is 0 Å². The number of benzene rings is 2. The molecule has 1 aliphatic rings. The second-order valence-electron chi connectivity index (χ2n) is 7.11. The van der Waals surface area contributed by atoms with Crippen LogP contribution in [0.15, 0.2) is 36.4 Å². The van der Waals surface area contributed by atoms with Crippen molar-refractivity contribution in [3.8, 4) is 11.1 Å². The molecule has 4 nitrogen and oxygen atoms in total. The highest BCUT2D eigenvalue weighted by molar-refractivity contribution is 7.91. The van der Waals surface area contributed by atoms with E-state index < -0.39 is 39.1 Å². The Hall–Kier alpha value is -2.04. The SMILES string of the molecule is Cc1cc(F)cc(-c2cc(C[C@@H]3NCC[C@@H]3NS(=N)(=O)C(F)(F)F)ccc2F)c1. The van der Waals surface area contributed by atoms with Crippen molar-refractivity contribution in [2.24, 2.45) is 0 Å². The van der Waals surface area contributed by atoms with Crippen LogP contribution >= 0.6 is 0 Å². The lowest BCUT2D eigenvalue weighted by Crippen LogP contribution is -2.48. The van der Waals surface area contributed by atoms with Gasteiger partial charge in [0.05, 0.1) is 0 Å². The molecule has 2 aromatic carbocycles. The summed E-state index contributed by atoms with van der Waals surface area (Å²) < 4.78 is 87.0. The molecule has 3 N–H and O–H groups in total. The van der Waals surface area contributed by atoms with Crippen LogP contribution in [-0.4, -0.2) is 28.3 Å². The Balaban J connectivity index is 1.83. The van der Waals surface area contributed by atoms with E-state index in [0.717, 1.165) is 0 Å². The molecule has 0 aromatic heterocycles. The largest absolute Gasteiger partial charge is 0.492 e. The van der Waals surface area contributed by atoms with E-state index in [1.165, 1.54) is 30.3 Å². The molecular formula is C19H20F5N3OS. The number of hydrogen-bond donors (Lipinski definition) is 3. The first-order valence-corrected chi connectivity index (χ1v) is 10.4. The Kier molecular flexibility index (Phi) is 5.98. The minimum absolute atomic E-state index is 0.187. The lowest BCUT2D eigenvalue weighted by Gasteiger charge is -2.23. The van der Waals surface area contributed by atoms with Crippen molar-refractivity contribution >= 4 is 9.92 Å². The monoisotopic (exact) mass is 433 g/mol. The van der Waals surface area contributed by atoms with Crippen LogP contribution in [0.4, 0.5) is 22.0 Å². The van der Waals surface area contributed by atoms with Crippen LogP contribution in [0.3, 0.4) is 0 Å². The molecule has 1 heterocycles. The van der Waals surface area contributed by atoms with Gasteiger partial charge in [0.25, 0.3) is 0 Å². The first-order chi connectivity index (χ1) is 13.5. The molecule has 0 spiro atoms. The Morgan fingerprint density at radius 3 is 2.59 bits per heavy atom. The highest BCUT2D eigenvalue weighted by Crippen LogP contribution is 2.28. The first-order valence-electron chi connectivity index (χ1n) is 8.88. The van der Waals surface area contributed by atoms with E-state index in [2.05, 4.69) is 5.32 Å². The maximum atomic E-state index is 14.3. The minimum Gasteiger partial charge on any atom is -0.312 e. The predicted octanol–water partition coefficient (Wildman–Crippen LogP) is 4.28. The minimum atomic E-state index is -5.17. The molecule has 3 atom stereocenters. The molecule has 0 bridgehead atoms. The molecular weight excluding hydrogens is 413 g/mol. The van der Waals surface area contributed by atoms with Gasteiger partial charge in [-0.2, -0.15) is 13.2 Å². The summed E-state index contributed by atoms with van der Waals surface area (Å²) in [5.74, 6) is -1.04. The normalized spacial score (nSPS) is 21.9. The van der Waals surface area contributed by atoms with E-state index in [1.807, 2.05) is 4.72 Å². The van der Waals surface area contributed by atoms with Gasteiger partial charge in [-0.15, -0.1) is 0 Å². The summed E-state index contributed by atoms with van der Waals surface area (Å²) in [6, 6.07) is 7.09. The number of alkyl halides is 3. The Bertz CT molecular complexity index is 987. The predicted molar refractivity (Wildman–Crippen MR) is 100 cm³/mol. The van der Waals surface area contributed by atoms with Crippen molar-refractivity contribution in [2.45, 2.75) is 37.4 Å². The van der Waals surface area contributed by atoms with Gasteiger partial charge >= 0.3 is 5.51 Å². The summed E-state index contributed by atoms with van der Waals surface area (Å²) in [5.41, 5.74) is -3.37. The second-order valence-corrected chi connectivity index (χ2v) is 8.92. The summed E-state index contributed by atoms with van der Waals surface area (Å²) >= 11 is 0. The average Bonchev–Trinajstić information content (AvgIpc) is 3.00. The molecule has 0 aliphatic carbocycles. The Labute approximate surface area is 165 Å². The number of halogens is 5. The topological polar surface area (TPSA) is 65.0 Å². The molecule has 0 radical (unpaired) electrons. The molecule has 3 rings (SSSR count). The van der Waals surface area contributed by atoms with Gasteiger partial charge < -0.3 is 5.32 Å². The van der Waals surface area contributed by atoms with Crippen molar-refractivity contribution in [3.05, 3.63) is 59.2 Å². The quantitative estimate of drug-likeness (QED) is 0.616. The number of nitrogens with one attached hydrogen (secondary N) is 3. The second kappa shape index (κ2) is 8.00. The lowest BCUT2D eigenvalue weighted by atomic mass is 9.96. The van der Waals surface area contributed by atoms with Crippen LogP contribution in [0.1, 0.15) is 17.5 Å². The van der Waals surface area contributed by atoms with Crippen LogP contribution in [0, 0.1) is 23.3 Å². The van der Waals surface area contributed by atoms with Crippen LogP contribution in [0.5, 0.6) is 0 Å². The standard InChI is InChI=1S/C19H20F5N3OS/c1-11-6-13(10-14(20)7-11)15-8-12(2-3-16(15)21)9-18-17(4-5-26-18)27-29(25,28)19(22,23)24/h2-3,6-8,10,17-18,26H,4-5,9H2,1H3,(H2,25,27,28)/t17-,18-,29?/m0/s1. The van der Waals surface area contributed by atoms with Crippen molar-refractivity contribution in [2.75, 3.05) is 6.54 Å². The van der Waals surface area contributed by atoms with Crippen LogP contribution in [-0.2, 0) is 16.3 Å². The molecule has 10 heteroatoms. The third-order valence-corrected chi connectivity index (χ3v) is 6.12. The summed E-state index contributed by atoms with van der Waals surface area (Å²) in [6.45, 7) is 2.08. The summed E-state index contributed by atoms with van der Waals surface area (Å²) in [7, 11) is -4.97. The fraction of sp³-hybridized carbons (Fsp3) is 0.368. The molecule has 0 amide bonds. The van der Waals surface area contributed by atoms with E-state index in [1.54, 1.807) is 13.0 Å². The van der Waals surface area contributed by atoms with E-state index in [-0.39, 0.29) is 18.4 Å². The van der Waals surface area contributed by atoms with Crippen molar-refractivity contribution in [3.63, 3.8) is 0 Å². The van der Waals surface area contributed by atoms with Gasteiger partial charge in [-0.25, -0.2) is 22.5 Å². The van der Waals surface area contributed by atoms with Crippen molar-refractivity contribution < 1.29 is 26.2 Å². The number of aryl methyl sites for hydroxylation is 1. The van der Waals surface area contributed by atoms with E-state index in [0.29, 0.717) is 23.2 Å². The molecule has 0 saturated carbocycles. The van der Waals surface area contributed by atoms with Crippen molar-refractivity contribution in [1.29, 1.82) is 4.78 Å². The molecule has 1 saturated heterocycles. The zero-order valence-corrected chi connectivity index (χ0v) is 16.3. The van der Waals surface area contributed by atoms with Gasteiger partial charge in [0.15, 0.2) is 0 Å². The molecule has 1 unspecified atom stereocenters. The molecule has 158 valence electrons. The van der Waals surface area contributed by atoms with Crippen LogP contribution < -0.4 is 10.0 Å². The van der Waals surface area contributed by atoms with Gasteiger partial charge in [-0.05, 0) is 67.3 Å². The van der Waals surface area contributed by atoms with E-state index in [9.17, 15) is 26.2 Å². The van der Waals surface area contributed by atoms with Crippen LogP contribution in [0.2, 0.25) is 0 Å². The highest BCUT2D eigenvalue weighted by Gasteiger charge is 2.44. The molecule has 2 aromatic rings. The maximum absolute atomic E-state index is 14.3. The van der Waals surface area contributed by atoms with Gasteiger partial charge in [0.2, 0.25) is 9.92 Å². The fourth-order valence-electron chi connectivity index (χ4n) is 3.47. The summed E-state index contributed by atoms with van der Waals surface area (Å²) in [4.78, 5) is 0. The third-order valence-electron chi connectivity index (χ3n) is 4.83. The van der Waals surface area contributed by atoms with Crippen molar-refractivity contribution in [1.82, 2.24) is 10.0 Å². The summed E-state index contributed by atoms with van der Waals surface area (Å²) in [6.07, 6.45) is 0.500. The molecule has 29 heavy (non-hydrogen) atoms. The van der Waals surface area contributed by atoms with Gasteiger partial charge in [0.1, 0.15) is 11.6 Å². The maximum Gasteiger partial charge on any atom is 0.492 e. The Morgan fingerprint density at radius 1 is 1.21 bits per heavy atom. The van der Waals surface area contributed by atoms with Gasteiger partial charge in [-0.1, -0.05) is 12.1 Å². The van der Waals surface area contributed by atoms with E-state index in [4.69, 9.17) is 4.78 Å². The lowest BCUT2D eigenvalue weighted by molar-refractivity contribution is -0.0420. The average molecular weight is 433 g/mol. The number of hydrogen-bond acceptors (Lipinski definition) is 3. The fourth-order valence-corrected chi connectivity index (χ4v) is 4.31. The smallest absolute Gasteiger partial charge is 0.312 e. The van der Waals surface area contributed by atoms with Gasteiger partial charge in [0, 0.05) is 17.6 Å². The Morgan fingerprint density at radius 2 is 1.93 bits per heavy atom. The zero-order chi connectivity index (χ0) is 21.4. The molecule has 1 fully saturated rings. The van der Waals surface area contributed by atoms with E-state index >= 15 is 0 Å².